The lowest BCUT2D eigenvalue weighted by atomic mass is 9.95. The standard InChI is InChI=1S/C23H18N2/c1-17-7-12-25-23(13-17)22-15-20(18-5-3-2-4-6-18)14-21(16-22)19-8-10-24-11-9-19/h2-16H,1H3. The summed E-state index contributed by atoms with van der Waals surface area (Å²) in [5, 5.41) is 0. The van der Waals surface area contributed by atoms with Crippen LogP contribution in [0.3, 0.4) is 0 Å². The van der Waals surface area contributed by atoms with Gasteiger partial charge >= 0.3 is 0 Å². The number of aromatic nitrogens is 2. The van der Waals surface area contributed by atoms with Crippen LogP contribution < -0.4 is 0 Å². The Labute approximate surface area is 147 Å². The monoisotopic (exact) mass is 322 g/mol. The minimum absolute atomic E-state index is 0.994. The number of hydrogen-bond acceptors (Lipinski definition) is 2. The maximum absolute atomic E-state index is 4.57. The van der Waals surface area contributed by atoms with Gasteiger partial charge in [-0.2, -0.15) is 0 Å². The molecule has 120 valence electrons. The number of aryl methyl sites for hydroxylation is 1. The molecule has 2 heteroatoms. The summed E-state index contributed by atoms with van der Waals surface area (Å²) in [6.07, 6.45) is 5.52. The number of hydrogen-bond donors (Lipinski definition) is 0. The van der Waals surface area contributed by atoms with Crippen LogP contribution in [0.25, 0.3) is 33.5 Å². The van der Waals surface area contributed by atoms with Crippen molar-refractivity contribution in [3.8, 4) is 33.5 Å². The van der Waals surface area contributed by atoms with E-state index in [1.807, 2.05) is 42.9 Å². The summed E-state index contributed by atoms with van der Waals surface area (Å²) in [6, 6.07) is 25.3. The average molecular weight is 322 g/mol. The van der Waals surface area contributed by atoms with Crippen molar-refractivity contribution >= 4 is 0 Å². The van der Waals surface area contributed by atoms with Crippen molar-refractivity contribution in [2.24, 2.45) is 0 Å². The second-order valence-electron chi connectivity index (χ2n) is 6.12. The Balaban J connectivity index is 1.92. The molecule has 2 heterocycles. The van der Waals surface area contributed by atoms with E-state index in [2.05, 4.69) is 65.4 Å². The Morgan fingerprint density at radius 1 is 0.560 bits per heavy atom. The lowest BCUT2D eigenvalue weighted by Crippen LogP contribution is -1.89. The third kappa shape index (κ3) is 3.33. The van der Waals surface area contributed by atoms with Gasteiger partial charge in [-0.3, -0.25) is 9.97 Å². The van der Waals surface area contributed by atoms with Crippen molar-refractivity contribution in [2.75, 3.05) is 0 Å². The van der Waals surface area contributed by atoms with Gasteiger partial charge in [0.2, 0.25) is 0 Å². The van der Waals surface area contributed by atoms with Crippen molar-refractivity contribution in [1.29, 1.82) is 0 Å². The van der Waals surface area contributed by atoms with Crippen LogP contribution >= 0.6 is 0 Å². The molecule has 0 saturated heterocycles. The largest absolute Gasteiger partial charge is 0.265 e. The van der Waals surface area contributed by atoms with E-state index in [0.717, 1.165) is 16.8 Å². The van der Waals surface area contributed by atoms with Crippen molar-refractivity contribution in [3.05, 3.63) is 97.0 Å². The molecule has 4 rings (SSSR count). The lowest BCUT2D eigenvalue weighted by molar-refractivity contribution is 1.29. The van der Waals surface area contributed by atoms with Gasteiger partial charge < -0.3 is 0 Å². The molecule has 0 aliphatic carbocycles. The number of rotatable bonds is 3. The van der Waals surface area contributed by atoms with Gasteiger partial charge in [-0.05, 0) is 77.2 Å². The van der Waals surface area contributed by atoms with Gasteiger partial charge in [-0.15, -0.1) is 0 Å². The van der Waals surface area contributed by atoms with E-state index in [-0.39, 0.29) is 0 Å². The summed E-state index contributed by atoms with van der Waals surface area (Å²) in [7, 11) is 0. The molecular formula is C23H18N2. The Morgan fingerprint density at radius 2 is 1.20 bits per heavy atom. The second kappa shape index (κ2) is 6.70. The fraction of sp³-hybridized carbons (Fsp3) is 0.0435. The van der Waals surface area contributed by atoms with Gasteiger partial charge in [0, 0.05) is 24.2 Å². The molecule has 0 radical (unpaired) electrons. The number of nitrogens with zero attached hydrogens (tertiary/aromatic N) is 2. The van der Waals surface area contributed by atoms with Crippen LogP contribution in [0.1, 0.15) is 5.56 Å². The van der Waals surface area contributed by atoms with E-state index < -0.39 is 0 Å². The molecule has 0 amide bonds. The number of benzene rings is 2. The summed E-state index contributed by atoms with van der Waals surface area (Å²) in [4.78, 5) is 8.70. The molecule has 0 aliphatic rings. The van der Waals surface area contributed by atoms with Crippen molar-refractivity contribution in [2.45, 2.75) is 6.92 Å². The summed E-state index contributed by atoms with van der Waals surface area (Å²) >= 11 is 0. The molecule has 0 spiro atoms. The van der Waals surface area contributed by atoms with Crippen molar-refractivity contribution < 1.29 is 0 Å². The molecular weight excluding hydrogens is 304 g/mol. The normalized spacial score (nSPS) is 10.6. The van der Waals surface area contributed by atoms with Gasteiger partial charge in [-0.25, -0.2) is 0 Å². The van der Waals surface area contributed by atoms with Crippen LogP contribution in [0.2, 0.25) is 0 Å². The van der Waals surface area contributed by atoms with E-state index in [1.165, 1.54) is 22.3 Å². The zero-order chi connectivity index (χ0) is 17.1. The molecule has 2 nitrogen and oxygen atoms in total. The Morgan fingerprint density at radius 3 is 1.88 bits per heavy atom. The maximum atomic E-state index is 4.57. The van der Waals surface area contributed by atoms with E-state index in [9.17, 15) is 0 Å². The van der Waals surface area contributed by atoms with Crippen molar-refractivity contribution in [1.82, 2.24) is 9.97 Å². The quantitative estimate of drug-likeness (QED) is 0.477. The second-order valence-corrected chi connectivity index (χ2v) is 6.12. The van der Waals surface area contributed by atoms with E-state index in [4.69, 9.17) is 0 Å². The Bertz CT molecular complexity index is 935. The van der Waals surface area contributed by atoms with Gasteiger partial charge in [0.15, 0.2) is 0 Å². The van der Waals surface area contributed by atoms with Crippen LogP contribution in [-0.4, -0.2) is 9.97 Å². The van der Waals surface area contributed by atoms with Crippen LogP contribution in [-0.2, 0) is 0 Å². The fourth-order valence-corrected chi connectivity index (χ4v) is 2.98. The predicted octanol–water partition coefficient (Wildman–Crippen LogP) is 5.79. The maximum Gasteiger partial charge on any atom is 0.0705 e. The molecule has 0 bridgehead atoms. The highest BCUT2D eigenvalue weighted by Gasteiger charge is 2.08. The molecule has 0 fully saturated rings. The first-order valence-corrected chi connectivity index (χ1v) is 8.33. The van der Waals surface area contributed by atoms with E-state index >= 15 is 0 Å². The van der Waals surface area contributed by atoms with Gasteiger partial charge in [0.25, 0.3) is 0 Å². The van der Waals surface area contributed by atoms with Gasteiger partial charge in [0.05, 0.1) is 5.69 Å². The molecule has 0 atom stereocenters. The highest BCUT2D eigenvalue weighted by atomic mass is 14.7. The number of pyridine rings is 2. The third-order valence-electron chi connectivity index (χ3n) is 4.26. The summed E-state index contributed by atoms with van der Waals surface area (Å²) < 4.78 is 0. The molecule has 0 saturated carbocycles. The van der Waals surface area contributed by atoms with Gasteiger partial charge in [-0.1, -0.05) is 30.3 Å². The summed E-state index contributed by atoms with van der Waals surface area (Å²) in [6.45, 7) is 2.09. The zero-order valence-corrected chi connectivity index (χ0v) is 14.1. The van der Waals surface area contributed by atoms with Crippen LogP contribution in [0, 0.1) is 6.92 Å². The minimum Gasteiger partial charge on any atom is -0.265 e. The first-order valence-electron chi connectivity index (χ1n) is 8.33. The smallest absolute Gasteiger partial charge is 0.0705 e. The molecule has 2 aromatic heterocycles. The minimum atomic E-state index is 0.994. The SMILES string of the molecule is Cc1ccnc(-c2cc(-c3ccccc3)cc(-c3ccncc3)c2)c1. The molecule has 0 N–H and O–H groups in total. The topological polar surface area (TPSA) is 25.8 Å². The highest BCUT2D eigenvalue weighted by molar-refractivity contribution is 5.80. The fourth-order valence-electron chi connectivity index (χ4n) is 2.98. The summed E-state index contributed by atoms with van der Waals surface area (Å²) in [5.74, 6) is 0. The van der Waals surface area contributed by atoms with Crippen LogP contribution in [0.15, 0.2) is 91.4 Å². The predicted molar refractivity (Wildman–Crippen MR) is 103 cm³/mol. The molecule has 2 aromatic carbocycles. The highest BCUT2D eigenvalue weighted by Crippen LogP contribution is 2.32. The first kappa shape index (κ1) is 15.3. The molecule has 25 heavy (non-hydrogen) atoms. The molecule has 4 aromatic rings. The molecule has 0 aliphatic heterocycles. The lowest BCUT2D eigenvalue weighted by Gasteiger charge is -2.11. The average Bonchev–Trinajstić information content (AvgIpc) is 2.69. The Hall–Kier alpha value is -3.26. The third-order valence-corrected chi connectivity index (χ3v) is 4.26. The van der Waals surface area contributed by atoms with E-state index in [1.54, 1.807) is 0 Å². The van der Waals surface area contributed by atoms with Crippen molar-refractivity contribution in [3.63, 3.8) is 0 Å². The Kier molecular flexibility index (Phi) is 4.09. The summed E-state index contributed by atoms with van der Waals surface area (Å²) in [5.41, 5.74) is 8.04. The first-order chi connectivity index (χ1) is 12.3. The zero-order valence-electron chi connectivity index (χ0n) is 14.1. The molecule has 0 unspecified atom stereocenters. The van der Waals surface area contributed by atoms with Gasteiger partial charge in [0.1, 0.15) is 0 Å². The van der Waals surface area contributed by atoms with Crippen LogP contribution in [0.4, 0.5) is 0 Å². The van der Waals surface area contributed by atoms with Crippen LogP contribution in [0.5, 0.6) is 0 Å². The van der Waals surface area contributed by atoms with E-state index in [0.29, 0.717) is 0 Å².